The van der Waals surface area contributed by atoms with Crippen molar-refractivity contribution < 1.29 is 0 Å². The molecule has 2 heterocycles. The van der Waals surface area contributed by atoms with E-state index in [0.29, 0.717) is 0 Å². The van der Waals surface area contributed by atoms with Gasteiger partial charge in [-0.3, -0.25) is 5.43 Å². The molecule has 0 unspecified atom stereocenters. The highest BCUT2D eigenvalue weighted by atomic mass is 15.5. The van der Waals surface area contributed by atoms with Crippen LogP contribution in [0.1, 0.15) is 19.3 Å². The molecule has 0 aromatic heterocycles. The molecule has 1 N–H and O–H groups in total. The SMILES string of the molecule is CNN1CCC2CC1C2. The van der Waals surface area contributed by atoms with Crippen molar-refractivity contribution in [2.45, 2.75) is 25.3 Å². The van der Waals surface area contributed by atoms with E-state index in [2.05, 4.69) is 10.4 Å². The molecule has 0 amide bonds. The molecule has 3 fully saturated rings. The minimum absolute atomic E-state index is 0.883. The van der Waals surface area contributed by atoms with Gasteiger partial charge >= 0.3 is 0 Å². The third-order valence-corrected chi connectivity index (χ3v) is 2.72. The molecule has 1 aliphatic carbocycles. The van der Waals surface area contributed by atoms with Crippen molar-refractivity contribution in [3.63, 3.8) is 0 Å². The molecule has 2 heteroatoms. The highest BCUT2D eigenvalue weighted by molar-refractivity contribution is 4.90. The maximum Gasteiger partial charge on any atom is 0.0248 e. The quantitative estimate of drug-likeness (QED) is 0.553. The summed E-state index contributed by atoms with van der Waals surface area (Å²) in [5.41, 5.74) is 3.22. The fourth-order valence-corrected chi connectivity index (χ4v) is 1.99. The summed E-state index contributed by atoms with van der Waals surface area (Å²) in [7, 11) is 2.03. The second kappa shape index (κ2) is 1.96. The Labute approximate surface area is 56.2 Å². The maximum atomic E-state index is 3.22. The summed E-state index contributed by atoms with van der Waals surface area (Å²) in [5.74, 6) is 1.08. The molecule has 2 saturated heterocycles. The van der Waals surface area contributed by atoms with Gasteiger partial charge in [-0.2, -0.15) is 0 Å². The largest absolute Gasteiger partial charge is 0.258 e. The van der Waals surface area contributed by atoms with Crippen molar-refractivity contribution in [2.24, 2.45) is 5.92 Å². The zero-order valence-electron chi connectivity index (χ0n) is 5.93. The fraction of sp³-hybridized carbons (Fsp3) is 1.00. The van der Waals surface area contributed by atoms with Crippen LogP contribution in [0.4, 0.5) is 0 Å². The first-order valence-corrected chi connectivity index (χ1v) is 3.84. The maximum absolute atomic E-state index is 3.22. The normalized spacial score (nSPS) is 42.3. The van der Waals surface area contributed by atoms with E-state index in [1.807, 2.05) is 7.05 Å². The molecule has 0 aromatic rings. The molecular weight excluding hydrogens is 112 g/mol. The van der Waals surface area contributed by atoms with Gasteiger partial charge in [0.2, 0.25) is 0 Å². The average Bonchev–Trinajstić information content (AvgIpc) is 1.86. The number of piperidine rings is 2. The lowest BCUT2D eigenvalue weighted by atomic mass is 9.74. The topological polar surface area (TPSA) is 15.3 Å². The molecule has 0 spiro atoms. The van der Waals surface area contributed by atoms with E-state index in [1.54, 1.807) is 0 Å². The van der Waals surface area contributed by atoms with E-state index >= 15 is 0 Å². The highest BCUT2D eigenvalue weighted by Crippen LogP contribution is 2.37. The van der Waals surface area contributed by atoms with Crippen molar-refractivity contribution in [3.8, 4) is 0 Å². The Kier molecular flexibility index (Phi) is 1.24. The number of hydrazine groups is 1. The standard InChI is InChI=1S/C7H14N2/c1-8-9-3-2-6-4-7(9)5-6/h6-8H,2-5H2,1H3. The van der Waals surface area contributed by atoms with Crippen LogP contribution in [0.5, 0.6) is 0 Å². The summed E-state index contributed by atoms with van der Waals surface area (Å²) in [6, 6.07) is 0.883. The first kappa shape index (κ1) is 5.69. The zero-order chi connectivity index (χ0) is 6.27. The Bertz CT molecular complexity index is 105. The fourth-order valence-electron chi connectivity index (χ4n) is 1.99. The van der Waals surface area contributed by atoms with E-state index < -0.39 is 0 Å². The van der Waals surface area contributed by atoms with Crippen molar-refractivity contribution in [2.75, 3.05) is 13.6 Å². The molecule has 1 saturated carbocycles. The van der Waals surface area contributed by atoms with Crippen molar-refractivity contribution in [1.82, 2.24) is 10.4 Å². The van der Waals surface area contributed by atoms with Gasteiger partial charge in [-0.05, 0) is 32.2 Å². The summed E-state index contributed by atoms with van der Waals surface area (Å²) in [6.07, 6.45) is 4.30. The summed E-state index contributed by atoms with van der Waals surface area (Å²) in [6.45, 7) is 1.27. The lowest BCUT2D eigenvalue weighted by molar-refractivity contribution is -0.0160. The molecule has 0 aromatic carbocycles. The molecule has 2 nitrogen and oxygen atoms in total. The van der Waals surface area contributed by atoms with E-state index in [0.717, 1.165) is 12.0 Å². The van der Waals surface area contributed by atoms with Crippen LogP contribution in [0.25, 0.3) is 0 Å². The Morgan fingerprint density at radius 3 is 2.56 bits per heavy atom. The molecule has 2 bridgehead atoms. The smallest absolute Gasteiger partial charge is 0.0248 e. The monoisotopic (exact) mass is 126 g/mol. The second-order valence-electron chi connectivity index (χ2n) is 3.20. The van der Waals surface area contributed by atoms with Gasteiger partial charge in [0.25, 0.3) is 0 Å². The van der Waals surface area contributed by atoms with Gasteiger partial charge in [-0.15, -0.1) is 0 Å². The summed E-state index contributed by atoms with van der Waals surface area (Å²) >= 11 is 0. The van der Waals surface area contributed by atoms with Crippen LogP contribution in [-0.2, 0) is 0 Å². The molecular formula is C7H14N2. The summed E-state index contributed by atoms with van der Waals surface area (Å²) in [4.78, 5) is 0. The Morgan fingerprint density at radius 1 is 1.44 bits per heavy atom. The molecule has 9 heavy (non-hydrogen) atoms. The van der Waals surface area contributed by atoms with Gasteiger partial charge in [0.15, 0.2) is 0 Å². The average molecular weight is 126 g/mol. The summed E-state index contributed by atoms with van der Waals surface area (Å²) in [5, 5.41) is 2.38. The van der Waals surface area contributed by atoms with Crippen LogP contribution in [-0.4, -0.2) is 24.6 Å². The molecule has 0 atom stereocenters. The molecule has 52 valence electrons. The first-order chi connectivity index (χ1) is 4.40. The molecule has 0 radical (unpaired) electrons. The summed E-state index contributed by atoms with van der Waals surface area (Å²) < 4.78 is 0. The highest BCUT2D eigenvalue weighted by Gasteiger charge is 2.37. The number of rotatable bonds is 1. The van der Waals surface area contributed by atoms with Gasteiger partial charge < -0.3 is 0 Å². The lowest BCUT2D eigenvalue weighted by Crippen LogP contribution is -2.55. The van der Waals surface area contributed by atoms with Gasteiger partial charge in [-0.1, -0.05) is 0 Å². The lowest BCUT2D eigenvalue weighted by Gasteiger charge is -2.48. The Hall–Kier alpha value is -0.0800. The van der Waals surface area contributed by atoms with E-state index in [9.17, 15) is 0 Å². The zero-order valence-corrected chi connectivity index (χ0v) is 5.93. The van der Waals surface area contributed by atoms with E-state index in [1.165, 1.54) is 25.8 Å². The second-order valence-corrected chi connectivity index (χ2v) is 3.20. The van der Waals surface area contributed by atoms with Crippen LogP contribution in [0, 0.1) is 5.92 Å². The minimum atomic E-state index is 0.883. The predicted octanol–water partition coefficient (Wildman–Crippen LogP) is 0.605. The number of fused-ring (bicyclic) bond motifs is 2. The Balaban J connectivity index is 1.94. The van der Waals surface area contributed by atoms with Crippen LogP contribution in [0.15, 0.2) is 0 Å². The third kappa shape index (κ3) is 0.775. The van der Waals surface area contributed by atoms with Crippen LogP contribution in [0.2, 0.25) is 0 Å². The van der Waals surface area contributed by atoms with E-state index in [4.69, 9.17) is 0 Å². The van der Waals surface area contributed by atoms with Crippen molar-refractivity contribution in [1.29, 1.82) is 0 Å². The number of hydrogen-bond donors (Lipinski definition) is 1. The van der Waals surface area contributed by atoms with E-state index in [-0.39, 0.29) is 0 Å². The number of hydrogen-bond acceptors (Lipinski definition) is 2. The van der Waals surface area contributed by atoms with Gasteiger partial charge in [0, 0.05) is 12.6 Å². The number of nitrogens with zero attached hydrogens (tertiary/aromatic N) is 1. The molecule has 3 aliphatic rings. The van der Waals surface area contributed by atoms with Crippen LogP contribution >= 0.6 is 0 Å². The van der Waals surface area contributed by atoms with Crippen molar-refractivity contribution in [3.05, 3.63) is 0 Å². The number of nitrogens with one attached hydrogen (secondary N) is 1. The molecule has 2 aliphatic heterocycles. The minimum Gasteiger partial charge on any atom is -0.258 e. The Morgan fingerprint density at radius 2 is 2.22 bits per heavy atom. The van der Waals surface area contributed by atoms with Gasteiger partial charge in [0.1, 0.15) is 0 Å². The van der Waals surface area contributed by atoms with Gasteiger partial charge in [-0.25, -0.2) is 5.01 Å². The third-order valence-electron chi connectivity index (χ3n) is 2.72. The first-order valence-electron chi connectivity index (χ1n) is 3.84. The molecule has 3 rings (SSSR count). The van der Waals surface area contributed by atoms with Crippen LogP contribution in [0.3, 0.4) is 0 Å². The van der Waals surface area contributed by atoms with Gasteiger partial charge in [0.05, 0.1) is 0 Å². The van der Waals surface area contributed by atoms with Crippen LogP contribution < -0.4 is 5.43 Å². The van der Waals surface area contributed by atoms with Crippen molar-refractivity contribution >= 4 is 0 Å². The predicted molar refractivity (Wildman–Crippen MR) is 36.9 cm³/mol.